The number of amides is 1. The molecule has 6 nitrogen and oxygen atoms in total. The molecule has 0 radical (unpaired) electrons. The van der Waals surface area contributed by atoms with E-state index in [2.05, 4.69) is 15.0 Å². The highest BCUT2D eigenvalue weighted by Crippen LogP contribution is 1.90. The predicted octanol–water partition coefficient (Wildman–Crippen LogP) is 0.394. The van der Waals surface area contributed by atoms with Crippen LogP contribution < -0.4 is 5.32 Å². The van der Waals surface area contributed by atoms with Gasteiger partial charge in [-0.3, -0.25) is 9.36 Å². The number of hydrogen-bond donors (Lipinski definition) is 1. The molecule has 1 N–H and O–H groups in total. The van der Waals surface area contributed by atoms with E-state index in [0.29, 0.717) is 19.4 Å². The Labute approximate surface area is 87.2 Å². The van der Waals surface area contributed by atoms with Gasteiger partial charge in [0.05, 0.1) is 7.11 Å². The van der Waals surface area contributed by atoms with Crippen molar-refractivity contribution >= 4 is 12.0 Å². The normalized spacial score (nSPS) is 9.67. The summed E-state index contributed by atoms with van der Waals surface area (Å²) in [6.07, 6.45) is 5.35. The molecule has 0 saturated carbocycles. The molecule has 1 amide bonds. The lowest BCUT2D eigenvalue weighted by molar-refractivity contribution is -0.140. The Bertz CT molecular complexity index is 321. The molecule has 0 bridgehead atoms. The van der Waals surface area contributed by atoms with Crippen molar-refractivity contribution in [3.05, 3.63) is 18.7 Å². The maximum atomic E-state index is 11.3. The van der Waals surface area contributed by atoms with Crippen LogP contribution in [0.2, 0.25) is 0 Å². The molecule has 1 rings (SSSR count). The van der Waals surface area contributed by atoms with Crippen molar-refractivity contribution in [2.75, 3.05) is 13.7 Å². The second kappa shape index (κ2) is 5.79. The lowest BCUT2D eigenvalue weighted by atomic mass is 10.3. The summed E-state index contributed by atoms with van der Waals surface area (Å²) < 4.78 is 5.79. The van der Waals surface area contributed by atoms with Crippen molar-refractivity contribution in [2.45, 2.75) is 12.8 Å². The molecule has 0 atom stereocenters. The molecule has 1 aromatic heterocycles. The van der Waals surface area contributed by atoms with E-state index in [1.807, 2.05) is 0 Å². The molecule has 0 aliphatic rings. The molecule has 0 unspecified atom stereocenters. The van der Waals surface area contributed by atoms with Gasteiger partial charge in [0.15, 0.2) is 0 Å². The Morgan fingerprint density at radius 1 is 1.53 bits per heavy atom. The first-order valence-corrected chi connectivity index (χ1v) is 4.57. The molecule has 0 saturated heterocycles. The third-order valence-corrected chi connectivity index (χ3v) is 1.80. The van der Waals surface area contributed by atoms with Crippen LogP contribution in [0.25, 0.3) is 0 Å². The number of carbonyl (C=O) groups excluding carboxylic acids is 2. The lowest BCUT2D eigenvalue weighted by Crippen LogP contribution is -2.28. The number of methoxy groups -OCH3 is 1. The number of aromatic nitrogens is 2. The van der Waals surface area contributed by atoms with Crippen molar-refractivity contribution in [3.63, 3.8) is 0 Å². The van der Waals surface area contributed by atoms with Gasteiger partial charge in [-0.1, -0.05) is 0 Å². The van der Waals surface area contributed by atoms with Crippen LogP contribution in [0, 0.1) is 0 Å². The molecule has 0 aliphatic heterocycles. The number of nitrogens with one attached hydrogen (secondary N) is 1. The van der Waals surface area contributed by atoms with Gasteiger partial charge < -0.3 is 10.1 Å². The van der Waals surface area contributed by atoms with Gasteiger partial charge in [-0.15, -0.1) is 0 Å². The third kappa shape index (κ3) is 3.80. The Hall–Kier alpha value is -1.85. The average Bonchev–Trinajstić information content (AvgIpc) is 2.77. The summed E-state index contributed by atoms with van der Waals surface area (Å²) in [6.45, 7) is 0.437. The van der Waals surface area contributed by atoms with Crippen LogP contribution in [0.15, 0.2) is 18.7 Å². The Balaban J connectivity index is 2.16. The van der Waals surface area contributed by atoms with E-state index in [-0.39, 0.29) is 12.0 Å². The third-order valence-electron chi connectivity index (χ3n) is 1.80. The van der Waals surface area contributed by atoms with E-state index < -0.39 is 0 Å². The van der Waals surface area contributed by atoms with Gasteiger partial charge in [0.25, 0.3) is 0 Å². The zero-order valence-corrected chi connectivity index (χ0v) is 8.47. The fourth-order valence-electron chi connectivity index (χ4n) is 1.00. The molecule has 0 aliphatic carbocycles. The number of nitrogens with zero attached hydrogens (tertiary/aromatic N) is 2. The SMILES string of the molecule is COC(=O)CCCNC(=O)n1ccnc1. The quantitative estimate of drug-likeness (QED) is 0.577. The number of carbonyl (C=O) groups is 2. The maximum absolute atomic E-state index is 11.3. The van der Waals surface area contributed by atoms with Gasteiger partial charge in [0.2, 0.25) is 0 Å². The molecular formula is C9H13N3O3. The Morgan fingerprint density at radius 2 is 2.33 bits per heavy atom. The number of imidazole rings is 1. The predicted molar refractivity (Wildman–Crippen MR) is 52.3 cm³/mol. The van der Waals surface area contributed by atoms with Crippen LogP contribution >= 0.6 is 0 Å². The molecule has 82 valence electrons. The minimum Gasteiger partial charge on any atom is -0.469 e. The lowest BCUT2D eigenvalue weighted by Gasteiger charge is -2.04. The summed E-state index contributed by atoms with van der Waals surface area (Å²) in [7, 11) is 1.34. The Morgan fingerprint density at radius 3 is 2.93 bits per heavy atom. The van der Waals surface area contributed by atoms with E-state index in [1.165, 1.54) is 24.2 Å². The average molecular weight is 211 g/mol. The van der Waals surface area contributed by atoms with Crippen LogP contribution in [-0.4, -0.2) is 35.2 Å². The summed E-state index contributed by atoms with van der Waals surface area (Å²) in [6, 6.07) is -0.252. The molecule has 6 heteroatoms. The number of esters is 1. The highest BCUT2D eigenvalue weighted by molar-refractivity contribution is 5.76. The highest BCUT2D eigenvalue weighted by atomic mass is 16.5. The Kier molecular flexibility index (Phi) is 4.33. The van der Waals surface area contributed by atoms with Gasteiger partial charge in [0.1, 0.15) is 6.33 Å². The number of hydrogen-bond acceptors (Lipinski definition) is 4. The molecular weight excluding hydrogens is 198 g/mol. The van der Waals surface area contributed by atoms with Gasteiger partial charge in [0, 0.05) is 25.4 Å². The molecule has 1 aromatic rings. The summed E-state index contributed by atoms with van der Waals surface area (Å²) in [4.78, 5) is 25.8. The molecule has 1 heterocycles. The van der Waals surface area contributed by atoms with Crippen LogP contribution in [-0.2, 0) is 9.53 Å². The minimum atomic E-state index is -0.271. The first-order chi connectivity index (χ1) is 7.24. The van der Waals surface area contributed by atoms with Gasteiger partial charge in [-0.25, -0.2) is 9.78 Å². The molecule has 0 spiro atoms. The monoisotopic (exact) mass is 211 g/mol. The highest BCUT2D eigenvalue weighted by Gasteiger charge is 2.03. The van der Waals surface area contributed by atoms with Gasteiger partial charge in [-0.05, 0) is 6.42 Å². The second-order valence-corrected chi connectivity index (χ2v) is 2.88. The van der Waals surface area contributed by atoms with Crippen LogP contribution in [0.1, 0.15) is 12.8 Å². The van der Waals surface area contributed by atoms with E-state index in [1.54, 1.807) is 6.20 Å². The van der Waals surface area contributed by atoms with Gasteiger partial charge >= 0.3 is 12.0 Å². The van der Waals surface area contributed by atoms with Crippen molar-refractivity contribution in [1.82, 2.24) is 14.9 Å². The largest absolute Gasteiger partial charge is 0.469 e. The van der Waals surface area contributed by atoms with Gasteiger partial charge in [-0.2, -0.15) is 0 Å². The van der Waals surface area contributed by atoms with Crippen LogP contribution in [0.3, 0.4) is 0 Å². The van der Waals surface area contributed by atoms with Crippen molar-refractivity contribution in [2.24, 2.45) is 0 Å². The van der Waals surface area contributed by atoms with Crippen molar-refractivity contribution in [1.29, 1.82) is 0 Å². The van der Waals surface area contributed by atoms with E-state index >= 15 is 0 Å². The van der Waals surface area contributed by atoms with E-state index in [9.17, 15) is 9.59 Å². The smallest absolute Gasteiger partial charge is 0.326 e. The molecule has 0 fully saturated rings. The fourth-order valence-corrected chi connectivity index (χ4v) is 1.00. The van der Waals surface area contributed by atoms with Crippen molar-refractivity contribution in [3.8, 4) is 0 Å². The summed E-state index contributed by atoms with van der Waals surface area (Å²) in [5, 5.41) is 2.64. The van der Waals surface area contributed by atoms with Crippen molar-refractivity contribution < 1.29 is 14.3 Å². The van der Waals surface area contributed by atoms with E-state index in [4.69, 9.17) is 0 Å². The summed E-state index contributed by atoms with van der Waals surface area (Å²) >= 11 is 0. The van der Waals surface area contributed by atoms with Crippen LogP contribution in [0.5, 0.6) is 0 Å². The maximum Gasteiger partial charge on any atom is 0.326 e. The first-order valence-electron chi connectivity index (χ1n) is 4.57. The topological polar surface area (TPSA) is 73.2 Å². The summed E-state index contributed by atoms with van der Waals surface area (Å²) in [5.41, 5.74) is 0. The zero-order valence-electron chi connectivity index (χ0n) is 8.47. The first kappa shape index (κ1) is 11.2. The zero-order chi connectivity index (χ0) is 11.1. The van der Waals surface area contributed by atoms with Crippen LogP contribution in [0.4, 0.5) is 4.79 Å². The molecule has 0 aromatic carbocycles. The molecule has 15 heavy (non-hydrogen) atoms. The second-order valence-electron chi connectivity index (χ2n) is 2.88. The minimum absolute atomic E-state index is 0.252. The fraction of sp³-hybridized carbons (Fsp3) is 0.444. The number of rotatable bonds is 4. The standard InChI is InChI=1S/C9H13N3O3/c1-15-8(13)3-2-4-11-9(14)12-6-5-10-7-12/h5-7H,2-4H2,1H3,(H,11,14). The summed E-state index contributed by atoms with van der Waals surface area (Å²) in [5.74, 6) is -0.271. The van der Waals surface area contributed by atoms with E-state index in [0.717, 1.165) is 0 Å². The number of ether oxygens (including phenoxy) is 1.